The lowest BCUT2D eigenvalue weighted by molar-refractivity contribution is 0.0963. The van der Waals surface area contributed by atoms with Crippen LogP contribution in [0.1, 0.15) is 29.3 Å². The van der Waals surface area contributed by atoms with E-state index in [9.17, 15) is 13.6 Å². The van der Waals surface area contributed by atoms with Crippen LogP contribution in [0.2, 0.25) is 0 Å². The van der Waals surface area contributed by atoms with Crippen LogP contribution >= 0.6 is 24.0 Å². The number of para-hydroxylation sites is 1. The van der Waals surface area contributed by atoms with Crippen LogP contribution in [0.3, 0.4) is 0 Å². The smallest absolute Gasteiger partial charge is 0.251 e. The van der Waals surface area contributed by atoms with E-state index in [1.807, 2.05) is 19.1 Å². The van der Waals surface area contributed by atoms with Crippen molar-refractivity contribution in [2.75, 3.05) is 31.6 Å². The summed E-state index contributed by atoms with van der Waals surface area (Å²) in [4.78, 5) is 18.0. The predicted molar refractivity (Wildman–Crippen MR) is 130 cm³/mol. The van der Waals surface area contributed by atoms with Gasteiger partial charge in [-0.3, -0.25) is 4.79 Å². The molecule has 1 amide bonds. The summed E-state index contributed by atoms with van der Waals surface area (Å²) in [5, 5.41) is 9.15. The molecule has 0 radical (unpaired) electrons. The van der Waals surface area contributed by atoms with Gasteiger partial charge in [0.05, 0.1) is 6.54 Å². The molecule has 1 fully saturated rings. The van der Waals surface area contributed by atoms with E-state index in [2.05, 4.69) is 20.9 Å². The Kier molecular flexibility index (Phi) is 9.47. The SMILES string of the molecule is CCNC(=NCc1ccc(C(=O)NC)cc1)NC1CCN(c2c(F)cccc2F)C1.I. The van der Waals surface area contributed by atoms with E-state index < -0.39 is 11.6 Å². The highest BCUT2D eigenvalue weighted by Gasteiger charge is 2.27. The number of carbonyl (C=O) groups excluding carboxylic acids is 1. The lowest BCUT2D eigenvalue weighted by Gasteiger charge is -2.21. The molecule has 0 saturated carbocycles. The molecule has 1 aliphatic heterocycles. The van der Waals surface area contributed by atoms with Gasteiger partial charge in [0.1, 0.15) is 17.3 Å². The van der Waals surface area contributed by atoms with E-state index in [1.165, 1.54) is 18.2 Å². The van der Waals surface area contributed by atoms with Gasteiger partial charge in [0.25, 0.3) is 5.91 Å². The molecule has 2 aromatic carbocycles. The fraction of sp³-hybridized carbons (Fsp3) is 0.364. The first kappa shape index (κ1) is 24.8. The molecule has 0 aliphatic carbocycles. The molecule has 1 heterocycles. The van der Waals surface area contributed by atoms with Gasteiger partial charge >= 0.3 is 0 Å². The third-order valence-electron chi connectivity index (χ3n) is 4.99. The zero-order valence-corrected chi connectivity index (χ0v) is 20.0. The minimum atomic E-state index is -0.545. The van der Waals surface area contributed by atoms with Gasteiger partial charge in [-0.25, -0.2) is 13.8 Å². The van der Waals surface area contributed by atoms with Crippen LogP contribution in [-0.2, 0) is 6.54 Å². The number of amides is 1. The maximum atomic E-state index is 14.1. The molecule has 31 heavy (non-hydrogen) atoms. The summed E-state index contributed by atoms with van der Waals surface area (Å²) in [6, 6.07) is 11.2. The van der Waals surface area contributed by atoms with Crippen molar-refractivity contribution in [1.29, 1.82) is 0 Å². The monoisotopic (exact) mass is 543 g/mol. The van der Waals surface area contributed by atoms with Crippen molar-refractivity contribution in [3.8, 4) is 0 Å². The summed E-state index contributed by atoms with van der Waals surface area (Å²) < 4.78 is 28.1. The molecule has 3 N–H and O–H groups in total. The van der Waals surface area contributed by atoms with E-state index in [-0.39, 0.29) is 41.6 Å². The number of nitrogens with zero attached hydrogens (tertiary/aromatic N) is 2. The molecule has 0 aromatic heterocycles. The lowest BCUT2D eigenvalue weighted by Crippen LogP contribution is -2.44. The summed E-state index contributed by atoms with van der Waals surface area (Å²) in [5.74, 6) is -0.571. The molecule has 1 atom stereocenters. The highest BCUT2D eigenvalue weighted by Crippen LogP contribution is 2.26. The van der Waals surface area contributed by atoms with Crippen molar-refractivity contribution in [1.82, 2.24) is 16.0 Å². The molecule has 0 bridgehead atoms. The number of halogens is 3. The van der Waals surface area contributed by atoms with E-state index in [0.717, 1.165) is 12.0 Å². The zero-order valence-electron chi connectivity index (χ0n) is 17.6. The topological polar surface area (TPSA) is 68.8 Å². The number of anilines is 1. The van der Waals surface area contributed by atoms with E-state index in [0.29, 0.717) is 37.7 Å². The zero-order chi connectivity index (χ0) is 21.5. The Morgan fingerprint density at radius 2 is 1.84 bits per heavy atom. The first-order valence-corrected chi connectivity index (χ1v) is 10.1. The first-order chi connectivity index (χ1) is 14.5. The molecule has 9 heteroatoms. The third kappa shape index (κ3) is 6.52. The molecule has 1 aliphatic rings. The molecule has 168 valence electrons. The standard InChI is InChI=1S/C22H27F2N5O.HI/c1-3-26-22(27-13-15-7-9-16(10-8-15)21(30)25-2)28-17-11-12-29(14-17)20-18(23)5-4-6-19(20)24;/h4-10,17H,3,11-14H2,1-2H3,(H,25,30)(H2,26,27,28);1H. The lowest BCUT2D eigenvalue weighted by atomic mass is 10.1. The van der Waals surface area contributed by atoms with Gasteiger partial charge in [-0.15, -0.1) is 24.0 Å². The molecule has 3 rings (SSSR count). The Bertz CT molecular complexity index is 887. The number of carbonyl (C=O) groups is 1. The summed E-state index contributed by atoms with van der Waals surface area (Å²) in [6.07, 6.45) is 0.749. The largest absolute Gasteiger partial charge is 0.365 e. The van der Waals surface area contributed by atoms with Crippen LogP contribution in [0.4, 0.5) is 14.5 Å². The van der Waals surface area contributed by atoms with Crippen LogP contribution in [0.5, 0.6) is 0 Å². The highest BCUT2D eigenvalue weighted by atomic mass is 127. The minimum absolute atomic E-state index is 0. The van der Waals surface area contributed by atoms with Crippen LogP contribution < -0.4 is 20.9 Å². The summed E-state index contributed by atoms with van der Waals surface area (Å²) in [7, 11) is 1.60. The van der Waals surface area contributed by atoms with Gasteiger partial charge in [-0.2, -0.15) is 0 Å². The fourth-order valence-corrected chi connectivity index (χ4v) is 3.46. The van der Waals surface area contributed by atoms with Crippen molar-refractivity contribution < 1.29 is 13.6 Å². The van der Waals surface area contributed by atoms with Crippen molar-refractivity contribution in [3.63, 3.8) is 0 Å². The van der Waals surface area contributed by atoms with Crippen molar-refractivity contribution in [3.05, 3.63) is 65.2 Å². The maximum absolute atomic E-state index is 14.1. The summed E-state index contributed by atoms with van der Waals surface area (Å²) in [6.45, 7) is 4.17. The molecule has 6 nitrogen and oxygen atoms in total. The molecule has 1 unspecified atom stereocenters. The Hall–Kier alpha value is -2.43. The number of nitrogens with one attached hydrogen (secondary N) is 3. The molecular formula is C22H28F2IN5O. The van der Waals surface area contributed by atoms with Gasteiger partial charge in [0, 0.05) is 38.3 Å². The van der Waals surface area contributed by atoms with E-state index in [4.69, 9.17) is 0 Å². The number of hydrogen-bond donors (Lipinski definition) is 3. The first-order valence-electron chi connectivity index (χ1n) is 10.1. The Morgan fingerprint density at radius 3 is 2.45 bits per heavy atom. The summed E-state index contributed by atoms with van der Waals surface area (Å²) >= 11 is 0. The van der Waals surface area contributed by atoms with Crippen molar-refractivity contribution in [2.45, 2.75) is 25.9 Å². The van der Waals surface area contributed by atoms with Gasteiger partial charge in [0.15, 0.2) is 5.96 Å². The Morgan fingerprint density at radius 1 is 1.16 bits per heavy atom. The average molecular weight is 543 g/mol. The van der Waals surface area contributed by atoms with Gasteiger partial charge in [-0.05, 0) is 43.2 Å². The van der Waals surface area contributed by atoms with Gasteiger partial charge in [0.2, 0.25) is 0 Å². The van der Waals surface area contributed by atoms with E-state index in [1.54, 1.807) is 24.1 Å². The number of guanidine groups is 1. The number of aliphatic imine (C=N–C) groups is 1. The quantitative estimate of drug-likeness (QED) is 0.298. The second-order valence-electron chi connectivity index (χ2n) is 7.12. The number of rotatable bonds is 6. The third-order valence-corrected chi connectivity index (χ3v) is 4.99. The number of benzene rings is 2. The van der Waals surface area contributed by atoms with Crippen LogP contribution in [0.15, 0.2) is 47.5 Å². The Labute approximate surface area is 198 Å². The second-order valence-corrected chi connectivity index (χ2v) is 7.12. The molecular weight excluding hydrogens is 515 g/mol. The van der Waals surface area contributed by atoms with Crippen LogP contribution in [0.25, 0.3) is 0 Å². The van der Waals surface area contributed by atoms with Crippen LogP contribution in [-0.4, -0.2) is 44.6 Å². The highest BCUT2D eigenvalue weighted by molar-refractivity contribution is 14.0. The van der Waals surface area contributed by atoms with Crippen molar-refractivity contribution in [2.24, 2.45) is 4.99 Å². The van der Waals surface area contributed by atoms with Crippen molar-refractivity contribution >= 4 is 41.5 Å². The maximum Gasteiger partial charge on any atom is 0.251 e. The Balaban J connectivity index is 0.00000341. The fourth-order valence-electron chi connectivity index (χ4n) is 3.46. The van der Waals surface area contributed by atoms with E-state index >= 15 is 0 Å². The molecule has 2 aromatic rings. The van der Waals surface area contributed by atoms with Crippen LogP contribution in [0, 0.1) is 11.6 Å². The minimum Gasteiger partial charge on any atom is -0.365 e. The average Bonchev–Trinajstić information content (AvgIpc) is 3.20. The normalized spacial score (nSPS) is 15.9. The number of hydrogen-bond acceptors (Lipinski definition) is 3. The second kappa shape index (κ2) is 11.8. The molecule has 0 spiro atoms. The van der Waals surface area contributed by atoms with Gasteiger partial charge in [-0.1, -0.05) is 18.2 Å². The predicted octanol–water partition coefficient (Wildman–Crippen LogP) is 3.28. The van der Waals surface area contributed by atoms with Gasteiger partial charge < -0.3 is 20.9 Å². The summed E-state index contributed by atoms with van der Waals surface area (Å²) in [5.41, 5.74) is 1.60. The molecule has 1 saturated heterocycles.